The number of rotatable bonds is 5. The zero-order valence-corrected chi connectivity index (χ0v) is 21.7. The second kappa shape index (κ2) is 11.4. The fourth-order valence-electron chi connectivity index (χ4n) is 4.85. The van der Waals surface area contributed by atoms with Crippen LogP contribution in [0.15, 0.2) is 30.7 Å². The SMILES string of the molecule is CCCOCc1ncc(-c2ccc3ncc4nc3c2OCCC(C)NC(=O)[C@@H]2C[C@H](CCN2C)N4)cn1. The number of likely N-dealkylation sites (N-methyl/N-ethyl adjacent to an activating group) is 1. The maximum Gasteiger partial charge on any atom is 0.237 e. The van der Waals surface area contributed by atoms with Gasteiger partial charge in [0.05, 0.1) is 24.4 Å². The molecule has 4 heterocycles. The minimum Gasteiger partial charge on any atom is -0.490 e. The maximum absolute atomic E-state index is 13.0. The number of nitrogens with zero attached hydrogens (tertiary/aromatic N) is 5. The summed E-state index contributed by atoms with van der Waals surface area (Å²) in [5.41, 5.74) is 3.13. The molecule has 1 aromatic carbocycles. The molecule has 37 heavy (non-hydrogen) atoms. The van der Waals surface area contributed by atoms with Crippen LogP contribution in [0, 0.1) is 0 Å². The van der Waals surface area contributed by atoms with Crippen LogP contribution in [0.3, 0.4) is 0 Å². The highest BCUT2D eigenvalue weighted by molar-refractivity contribution is 5.90. The molecule has 2 aliphatic heterocycles. The fraction of sp³-hybridized carbons (Fsp3) is 0.519. The van der Waals surface area contributed by atoms with E-state index in [0.29, 0.717) is 55.6 Å². The Morgan fingerprint density at radius 2 is 1.97 bits per heavy atom. The van der Waals surface area contributed by atoms with Crippen molar-refractivity contribution in [2.45, 2.75) is 64.3 Å². The second-order valence-corrected chi connectivity index (χ2v) is 9.91. The third kappa shape index (κ3) is 5.80. The molecule has 3 aromatic rings. The molecule has 2 aromatic heterocycles. The Labute approximate surface area is 217 Å². The lowest BCUT2D eigenvalue weighted by atomic mass is 9.96. The number of piperidine rings is 1. The molecule has 1 saturated heterocycles. The average molecular weight is 506 g/mol. The molecule has 1 fully saturated rings. The first-order valence-electron chi connectivity index (χ1n) is 13.1. The molecule has 4 bridgehead atoms. The number of aromatic nitrogens is 4. The molecule has 0 spiro atoms. The quantitative estimate of drug-likeness (QED) is 0.505. The molecule has 3 atom stereocenters. The van der Waals surface area contributed by atoms with Gasteiger partial charge in [0.25, 0.3) is 0 Å². The summed E-state index contributed by atoms with van der Waals surface area (Å²) in [5.74, 6) is 2.01. The molecule has 196 valence electrons. The molecule has 0 saturated carbocycles. The van der Waals surface area contributed by atoms with Gasteiger partial charge >= 0.3 is 0 Å². The summed E-state index contributed by atoms with van der Waals surface area (Å²) in [6.07, 6.45) is 8.59. The van der Waals surface area contributed by atoms with Crippen molar-refractivity contribution in [3.05, 3.63) is 36.5 Å². The van der Waals surface area contributed by atoms with Crippen molar-refractivity contribution >= 4 is 22.8 Å². The summed E-state index contributed by atoms with van der Waals surface area (Å²) in [4.78, 5) is 33.7. The van der Waals surface area contributed by atoms with Gasteiger partial charge in [-0.1, -0.05) is 6.92 Å². The highest BCUT2D eigenvalue weighted by Crippen LogP contribution is 2.36. The number of anilines is 1. The van der Waals surface area contributed by atoms with Crippen LogP contribution in [0.4, 0.5) is 5.82 Å². The highest BCUT2D eigenvalue weighted by atomic mass is 16.5. The Balaban J connectivity index is 1.50. The van der Waals surface area contributed by atoms with E-state index in [2.05, 4.69) is 37.4 Å². The Kier molecular flexibility index (Phi) is 7.76. The van der Waals surface area contributed by atoms with Gasteiger partial charge in [-0.15, -0.1) is 0 Å². The van der Waals surface area contributed by atoms with Crippen molar-refractivity contribution in [2.24, 2.45) is 0 Å². The summed E-state index contributed by atoms with van der Waals surface area (Å²) in [6.45, 7) is 6.40. The minimum atomic E-state index is -0.177. The second-order valence-electron chi connectivity index (χ2n) is 9.91. The normalized spacial score (nSPS) is 22.7. The van der Waals surface area contributed by atoms with Crippen LogP contribution in [-0.2, 0) is 16.1 Å². The first kappa shape index (κ1) is 25.3. The molecule has 1 unspecified atom stereocenters. The highest BCUT2D eigenvalue weighted by Gasteiger charge is 2.32. The molecule has 1 amide bonds. The van der Waals surface area contributed by atoms with Gasteiger partial charge in [0.15, 0.2) is 11.6 Å². The molecule has 0 radical (unpaired) electrons. The van der Waals surface area contributed by atoms with Crippen molar-refractivity contribution < 1.29 is 14.3 Å². The number of fused-ring (bicyclic) bond motifs is 3. The molecule has 5 rings (SSSR count). The lowest BCUT2D eigenvalue weighted by Crippen LogP contribution is -2.53. The summed E-state index contributed by atoms with van der Waals surface area (Å²) >= 11 is 0. The lowest BCUT2D eigenvalue weighted by Gasteiger charge is -2.37. The van der Waals surface area contributed by atoms with Crippen LogP contribution < -0.4 is 15.4 Å². The summed E-state index contributed by atoms with van der Waals surface area (Å²) in [7, 11) is 2.01. The van der Waals surface area contributed by atoms with E-state index in [4.69, 9.17) is 14.5 Å². The van der Waals surface area contributed by atoms with Gasteiger partial charge in [-0.2, -0.15) is 0 Å². The number of carbonyl (C=O) groups is 1. The van der Waals surface area contributed by atoms with Crippen LogP contribution >= 0.6 is 0 Å². The monoisotopic (exact) mass is 505 g/mol. The van der Waals surface area contributed by atoms with Crippen LogP contribution in [-0.4, -0.2) is 75.7 Å². The summed E-state index contributed by atoms with van der Waals surface area (Å²) in [5, 5.41) is 6.69. The Morgan fingerprint density at radius 1 is 1.14 bits per heavy atom. The van der Waals surface area contributed by atoms with Crippen molar-refractivity contribution in [3.63, 3.8) is 0 Å². The number of carbonyl (C=O) groups excluding carboxylic acids is 1. The van der Waals surface area contributed by atoms with E-state index in [1.807, 2.05) is 26.1 Å². The van der Waals surface area contributed by atoms with E-state index in [1.165, 1.54) is 0 Å². The van der Waals surface area contributed by atoms with Gasteiger partial charge in [0, 0.05) is 55.2 Å². The number of hydrogen-bond donors (Lipinski definition) is 2. The van der Waals surface area contributed by atoms with Gasteiger partial charge in [-0.3, -0.25) is 14.7 Å². The molecule has 2 N–H and O–H groups in total. The molecule has 2 aliphatic rings. The molecule has 0 aliphatic carbocycles. The van der Waals surface area contributed by atoms with Crippen molar-refractivity contribution in [2.75, 3.05) is 32.1 Å². The van der Waals surface area contributed by atoms with E-state index >= 15 is 0 Å². The van der Waals surface area contributed by atoms with E-state index in [9.17, 15) is 4.79 Å². The van der Waals surface area contributed by atoms with Crippen LogP contribution in [0.1, 0.15) is 45.4 Å². The van der Waals surface area contributed by atoms with E-state index < -0.39 is 0 Å². The first-order valence-corrected chi connectivity index (χ1v) is 13.1. The predicted molar refractivity (Wildman–Crippen MR) is 141 cm³/mol. The minimum absolute atomic E-state index is 0.0250. The van der Waals surface area contributed by atoms with Gasteiger partial charge < -0.3 is 20.1 Å². The predicted octanol–water partition coefficient (Wildman–Crippen LogP) is 3.18. The number of hydrogen-bond acceptors (Lipinski definition) is 9. The topological polar surface area (TPSA) is 114 Å². The first-order chi connectivity index (χ1) is 18.0. The Bertz CT molecular complexity index is 1240. The van der Waals surface area contributed by atoms with E-state index in [0.717, 1.165) is 36.0 Å². The smallest absolute Gasteiger partial charge is 0.237 e. The van der Waals surface area contributed by atoms with E-state index in [1.54, 1.807) is 18.6 Å². The molecular weight excluding hydrogens is 470 g/mol. The number of ether oxygens (including phenoxy) is 2. The van der Waals surface area contributed by atoms with Gasteiger partial charge in [0.2, 0.25) is 5.91 Å². The number of benzene rings is 1. The van der Waals surface area contributed by atoms with Crippen molar-refractivity contribution in [1.82, 2.24) is 30.2 Å². The fourth-order valence-corrected chi connectivity index (χ4v) is 4.85. The van der Waals surface area contributed by atoms with Crippen LogP contribution in [0.5, 0.6) is 5.75 Å². The largest absolute Gasteiger partial charge is 0.490 e. The van der Waals surface area contributed by atoms with Crippen molar-refractivity contribution in [3.8, 4) is 16.9 Å². The lowest BCUT2D eigenvalue weighted by molar-refractivity contribution is -0.127. The third-order valence-electron chi connectivity index (χ3n) is 6.97. The Hall–Kier alpha value is -3.37. The Morgan fingerprint density at radius 3 is 2.78 bits per heavy atom. The van der Waals surface area contributed by atoms with Gasteiger partial charge in [-0.25, -0.2) is 15.0 Å². The zero-order chi connectivity index (χ0) is 25.8. The van der Waals surface area contributed by atoms with Gasteiger partial charge in [-0.05, 0) is 45.4 Å². The van der Waals surface area contributed by atoms with Gasteiger partial charge in [0.1, 0.15) is 17.9 Å². The van der Waals surface area contributed by atoms with E-state index in [-0.39, 0.29) is 24.0 Å². The number of amides is 1. The molecule has 10 nitrogen and oxygen atoms in total. The average Bonchev–Trinajstić information content (AvgIpc) is 2.90. The number of nitrogens with one attached hydrogen (secondary N) is 2. The molecule has 10 heteroatoms. The standard InChI is InChI=1S/C27H35N7O3/c1-4-10-36-16-24-29-13-18(14-30-24)20-5-6-21-25-26(20)37-11-8-17(2)31-27(35)22-12-19(7-9-34(22)3)32-23(33-25)15-28-21/h5-6,13-15,17,19,22H,4,7-12,16H2,1-3H3,(H,31,35)(H,32,33)/t17?,19-,22-/m0/s1. The maximum atomic E-state index is 13.0. The summed E-state index contributed by atoms with van der Waals surface area (Å²) < 4.78 is 11.9. The number of likely N-dealkylation sites (tertiary alicyclic amines) is 1. The summed E-state index contributed by atoms with van der Waals surface area (Å²) in [6, 6.07) is 3.85. The third-order valence-corrected chi connectivity index (χ3v) is 6.97. The van der Waals surface area contributed by atoms with Crippen molar-refractivity contribution in [1.29, 1.82) is 0 Å². The molecular formula is C27H35N7O3. The van der Waals surface area contributed by atoms with Crippen LogP contribution in [0.2, 0.25) is 0 Å². The van der Waals surface area contributed by atoms with Crippen LogP contribution in [0.25, 0.3) is 22.2 Å². The zero-order valence-electron chi connectivity index (χ0n) is 21.7.